The van der Waals surface area contributed by atoms with Crippen molar-refractivity contribution in [3.63, 3.8) is 0 Å². The van der Waals surface area contributed by atoms with Gasteiger partial charge in [-0.2, -0.15) is 0 Å². The summed E-state index contributed by atoms with van der Waals surface area (Å²) >= 11 is 11.7. The van der Waals surface area contributed by atoms with Crippen LogP contribution in [0.25, 0.3) is 0 Å². The van der Waals surface area contributed by atoms with Crippen molar-refractivity contribution < 1.29 is 9.84 Å². The zero-order chi connectivity index (χ0) is 13.1. The molecule has 2 rings (SSSR count). The van der Waals surface area contributed by atoms with Crippen molar-refractivity contribution in [3.8, 4) is 11.5 Å². The predicted molar refractivity (Wildman–Crippen MR) is 73.3 cm³/mol. The molecule has 94 valence electrons. The van der Waals surface area contributed by atoms with Gasteiger partial charge in [-0.05, 0) is 23.8 Å². The average molecular weight is 284 g/mol. The Labute approximate surface area is 115 Å². The smallest absolute Gasteiger partial charge is 0.144 e. The molecule has 5 heteroatoms. The first-order valence-electron chi connectivity index (χ1n) is 5.21. The maximum Gasteiger partial charge on any atom is 0.144 e. The number of hydrogen-bond donors (Lipinski definition) is 2. The summed E-state index contributed by atoms with van der Waals surface area (Å²) in [5, 5.41) is 10.1. The van der Waals surface area contributed by atoms with E-state index in [0.717, 1.165) is 5.56 Å². The maximum absolute atomic E-state index is 9.33. The Balaban J connectivity index is 2.13. The van der Waals surface area contributed by atoms with Gasteiger partial charge in [0.2, 0.25) is 0 Å². The Bertz CT molecular complexity index is 573. The second kappa shape index (κ2) is 5.38. The van der Waals surface area contributed by atoms with Gasteiger partial charge >= 0.3 is 0 Å². The van der Waals surface area contributed by atoms with E-state index in [-0.39, 0.29) is 12.4 Å². The van der Waals surface area contributed by atoms with E-state index >= 15 is 0 Å². The number of phenolic OH excluding ortho intramolecular Hbond substituents is 1. The van der Waals surface area contributed by atoms with Crippen molar-refractivity contribution in [2.75, 3.05) is 5.73 Å². The third-order valence-corrected chi connectivity index (χ3v) is 3.08. The van der Waals surface area contributed by atoms with Gasteiger partial charge in [-0.15, -0.1) is 0 Å². The highest BCUT2D eigenvalue weighted by Crippen LogP contribution is 2.32. The van der Waals surface area contributed by atoms with Crippen LogP contribution in [0.2, 0.25) is 10.0 Å². The molecule has 18 heavy (non-hydrogen) atoms. The van der Waals surface area contributed by atoms with E-state index in [1.54, 1.807) is 30.3 Å². The third-order valence-electron chi connectivity index (χ3n) is 2.36. The third kappa shape index (κ3) is 3.00. The van der Waals surface area contributed by atoms with Crippen molar-refractivity contribution >= 4 is 28.9 Å². The van der Waals surface area contributed by atoms with Crippen molar-refractivity contribution in [3.05, 3.63) is 52.0 Å². The van der Waals surface area contributed by atoms with Crippen LogP contribution < -0.4 is 10.5 Å². The van der Waals surface area contributed by atoms with E-state index in [0.29, 0.717) is 21.5 Å². The number of phenols is 1. The van der Waals surface area contributed by atoms with E-state index in [4.69, 9.17) is 33.7 Å². The van der Waals surface area contributed by atoms with Crippen molar-refractivity contribution in [1.29, 1.82) is 0 Å². The van der Waals surface area contributed by atoms with E-state index in [9.17, 15) is 5.11 Å². The molecule has 3 N–H and O–H groups in total. The number of halogens is 2. The van der Waals surface area contributed by atoms with E-state index in [1.807, 2.05) is 6.07 Å². The number of rotatable bonds is 3. The Morgan fingerprint density at radius 1 is 1.11 bits per heavy atom. The molecule has 0 radical (unpaired) electrons. The first kappa shape index (κ1) is 12.9. The van der Waals surface area contributed by atoms with Gasteiger partial charge in [0, 0.05) is 6.07 Å². The minimum atomic E-state index is 0.193. The van der Waals surface area contributed by atoms with E-state index < -0.39 is 0 Å². The number of ether oxygens (including phenoxy) is 1. The quantitative estimate of drug-likeness (QED) is 0.841. The normalized spacial score (nSPS) is 10.3. The van der Waals surface area contributed by atoms with Crippen molar-refractivity contribution in [2.24, 2.45) is 0 Å². The molecular weight excluding hydrogens is 273 g/mol. The largest absolute Gasteiger partial charge is 0.508 e. The zero-order valence-corrected chi connectivity index (χ0v) is 10.9. The Kier molecular flexibility index (Phi) is 3.84. The molecule has 0 aliphatic rings. The summed E-state index contributed by atoms with van der Waals surface area (Å²) in [6.07, 6.45) is 0. The summed E-state index contributed by atoms with van der Waals surface area (Å²) in [5.74, 6) is 0.658. The lowest BCUT2D eigenvalue weighted by Gasteiger charge is -2.10. The highest BCUT2D eigenvalue weighted by molar-refractivity contribution is 6.42. The second-order valence-corrected chi connectivity index (χ2v) is 4.58. The highest BCUT2D eigenvalue weighted by Gasteiger charge is 2.06. The zero-order valence-electron chi connectivity index (χ0n) is 9.36. The molecule has 0 saturated heterocycles. The topological polar surface area (TPSA) is 55.5 Å². The molecule has 0 amide bonds. The summed E-state index contributed by atoms with van der Waals surface area (Å²) in [4.78, 5) is 0. The number of aromatic hydroxyl groups is 1. The van der Waals surface area contributed by atoms with Crippen LogP contribution in [0.5, 0.6) is 11.5 Å². The molecule has 0 fully saturated rings. The average Bonchev–Trinajstić information content (AvgIpc) is 2.32. The van der Waals surface area contributed by atoms with Gasteiger partial charge in [0.25, 0.3) is 0 Å². The Hall–Kier alpha value is -1.58. The van der Waals surface area contributed by atoms with Crippen molar-refractivity contribution in [1.82, 2.24) is 0 Å². The number of benzene rings is 2. The van der Waals surface area contributed by atoms with Crippen LogP contribution in [0.15, 0.2) is 36.4 Å². The number of nitrogens with two attached hydrogens (primary N) is 1. The van der Waals surface area contributed by atoms with Crippen LogP contribution in [0.4, 0.5) is 5.69 Å². The fraction of sp³-hybridized carbons (Fsp3) is 0.0769. The van der Waals surface area contributed by atoms with Crippen LogP contribution in [0.1, 0.15) is 5.56 Å². The Morgan fingerprint density at radius 2 is 1.83 bits per heavy atom. The summed E-state index contributed by atoms with van der Waals surface area (Å²) < 4.78 is 5.53. The number of anilines is 1. The molecule has 2 aromatic rings. The van der Waals surface area contributed by atoms with E-state index in [2.05, 4.69) is 0 Å². The van der Waals surface area contributed by atoms with Gasteiger partial charge in [0.15, 0.2) is 0 Å². The number of hydrogen-bond acceptors (Lipinski definition) is 3. The fourth-order valence-corrected chi connectivity index (χ4v) is 1.80. The van der Waals surface area contributed by atoms with Gasteiger partial charge < -0.3 is 15.6 Å². The van der Waals surface area contributed by atoms with Crippen LogP contribution in [0, 0.1) is 0 Å². The molecule has 0 aliphatic heterocycles. The minimum absolute atomic E-state index is 0.193. The second-order valence-electron chi connectivity index (χ2n) is 3.76. The predicted octanol–water partition coefficient (Wildman–Crippen LogP) is 3.86. The van der Waals surface area contributed by atoms with Crippen molar-refractivity contribution in [2.45, 2.75) is 6.61 Å². The fourth-order valence-electron chi connectivity index (χ4n) is 1.48. The molecular formula is C13H11Cl2NO2. The maximum atomic E-state index is 9.33. The molecule has 0 atom stereocenters. The lowest BCUT2D eigenvalue weighted by Crippen LogP contribution is -1.98. The lowest BCUT2D eigenvalue weighted by atomic mass is 10.2. The Morgan fingerprint density at radius 3 is 2.56 bits per heavy atom. The summed E-state index contributed by atoms with van der Waals surface area (Å²) in [6.45, 7) is 0.288. The van der Waals surface area contributed by atoms with Crippen LogP contribution in [-0.4, -0.2) is 5.11 Å². The summed E-state index contributed by atoms with van der Waals surface area (Å²) in [7, 11) is 0. The molecule has 0 heterocycles. The van der Waals surface area contributed by atoms with Gasteiger partial charge in [-0.25, -0.2) is 0 Å². The van der Waals surface area contributed by atoms with Crippen LogP contribution in [0.3, 0.4) is 0 Å². The van der Waals surface area contributed by atoms with E-state index in [1.165, 1.54) is 0 Å². The first-order valence-corrected chi connectivity index (χ1v) is 5.97. The molecule has 0 aliphatic carbocycles. The molecule has 3 nitrogen and oxygen atoms in total. The SMILES string of the molecule is Nc1cc(Cl)c(Cl)cc1OCc1cccc(O)c1. The standard InChI is InChI=1S/C13H11Cl2NO2/c14-10-5-12(16)13(6-11(10)15)18-7-8-2-1-3-9(17)4-8/h1-6,17H,7,16H2. The highest BCUT2D eigenvalue weighted by atomic mass is 35.5. The lowest BCUT2D eigenvalue weighted by molar-refractivity contribution is 0.307. The first-order chi connectivity index (χ1) is 8.56. The van der Waals surface area contributed by atoms with Gasteiger partial charge in [-0.3, -0.25) is 0 Å². The van der Waals surface area contributed by atoms with Gasteiger partial charge in [0.1, 0.15) is 18.1 Å². The van der Waals surface area contributed by atoms with Crippen LogP contribution in [-0.2, 0) is 6.61 Å². The molecule has 0 saturated carbocycles. The molecule has 0 aromatic heterocycles. The van der Waals surface area contributed by atoms with Crippen LogP contribution >= 0.6 is 23.2 Å². The number of nitrogen functional groups attached to an aromatic ring is 1. The minimum Gasteiger partial charge on any atom is -0.508 e. The van der Waals surface area contributed by atoms with Gasteiger partial charge in [0.05, 0.1) is 15.7 Å². The molecule has 0 bridgehead atoms. The molecule has 0 spiro atoms. The monoisotopic (exact) mass is 283 g/mol. The summed E-state index contributed by atoms with van der Waals surface area (Å²) in [6, 6.07) is 9.91. The molecule has 2 aromatic carbocycles. The van der Waals surface area contributed by atoms with Gasteiger partial charge in [-0.1, -0.05) is 35.3 Å². The summed E-state index contributed by atoms with van der Waals surface area (Å²) in [5.41, 5.74) is 7.02. The molecule has 0 unspecified atom stereocenters.